The Morgan fingerprint density at radius 2 is 2.11 bits per heavy atom. The van der Waals surface area contributed by atoms with E-state index >= 15 is 0 Å². The molecule has 0 aliphatic carbocycles. The van der Waals surface area contributed by atoms with Crippen LogP contribution in [-0.2, 0) is 6.54 Å². The monoisotopic (exact) mass is 402 g/mol. The summed E-state index contributed by atoms with van der Waals surface area (Å²) < 4.78 is 7.20. The van der Waals surface area contributed by atoms with Crippen molar-refractivity contribution in [2.24, 2.45) is 0 Å². The van der Waals surface area contributed by atoms with E-state index in [9.17, 15) is 9.90 Å². The van der Waals surface area contributed by atoms with Gasteiger partial charge in [-0.3, -0.25) is 9.36 Å². The minimum atomic E-state index is -0.674. The van der Waals surface area contributed by atoms with E-state index in [2.05, 4.69) is 11.6 Å². The second-order valence-corrected chi connectivity index (χ2v) is 8.34. The van der Waals surface area contributed by atoms with Crippen molar-refractivity contribution in [2.75, 3.05) is 12.4 Å². The van der Waals surface area contributed by atoms with Crippen LogP contribution < -0.4 is 10.3 Å². The van der Waals surface area contributed by atoms with Crippen molar-refractivity contribution in [1.82, 2.24) is 9.55 Å². The van der Waals surface area contributed by atoms with Crippen LogP contribution in [0.2, 0.25) is 0 Å². The number of rotatable bonds is 8. The molecule has 0 aliphatic heterocycles. The molecule has 0 fully saturated rings. The summed E-state index contributed by atoms with van der Waals surface area (Å²) in [6.45, 7) is 8.26. The lowest BCUT2D eigenvalue weighted by atomic mass is 10.2. The molecule has 3 rings (SSSR count). The molecule has 1 N–H and O–H groups in total. The van der Waals surface area contributed by atoms with Gasteiger partial charge in [-0.2, -0.15) is 0 Å². The fraction of sp³-hybridized carbons (Fsp3) is 0.300. The summed E-state index contributed by atoms with van der Waals surface area (Å²) >= 11 is 2.88. The molecule has 1 atom stereocenters. The Balaban J connectivity index is 1.76. The molecule has 142 valence electrons. The van der Waals surface area contributed by atoms with Crippen LogP contribution in [0.25, 0.3) is 10.2 Å². The van der Waals surface area contributed by atoms with Gasteiger partial charge in [-0.1, -0.05) is 36.0 Å². The number of aliphatic hydroxyl groups is 1. The molecule has 0 amide bonds. The first-order valence-corrected chi connectivity index (χ1v) is 10.4. The lowest BCUT2D eigenvalue weighted by Gasteiger charge is -2.14. The lowest BCUT2D eigenvalue weighted by molar-refractivity contribution is 0.126. The van der Waals surface area contributed by atoms with Gasteiger partial charge in [0.2, 0.25) is 0 Å². The van der Waals surface area contributed by atoms with E-state index in [0.29, 0.717) is 28.6 Å². The molecule has 3 aromatic rings. The average molecular weight is 403 g/mol. The van der Waals surface area contributed by atoms with E-state index in [-0.39, 0.29) is 12.2 Å². The predicted molar refractivity (Wildman–Crippen MR) is 112 cm³/mol. The fourth-order valence-electron chi connectivity index (χ4n) is 2.64. The summed E-state index contributed by atoms with van der Waals surface area (Å²) in [4.78, 5) is 19.4. The molecule has 2 heterocycles. The quantitative estimate of drug-likeness (QED) is 0.353. The topological polar surface area (TPSA) is 64.3 Å². The first-order chi connectivity index (χ1) is 13.0. The maximum atomic E-state index is 12.9. The Kier molecular flexibility index (Phi) is 6.36. The van der Waals surface area contributed by atoms with Gasteiger partial charge in [0, 0.05) is 17.2 Å². The average Bonchev–Trinajstić information content (AvgIpc) is 2.96. The highest BCUT2D eigenvalue weighted by atomic mass is 32.2. The van der Waals surface area contributed by atoms with Crippen molar-refractivity contribution in [3.63, 3.8) is 0 Å². The summed E-state index contributed by atoms with van der Waals surface area (Å²) in [7, 11) is 0. The summed E-state index contributed by atoms with van der Waals surface area (Å²) in [6, 6.07) is 9.37. The number of aromatic nitrogens is 2. The number of aryl methyl sites for hydroxylation is 2. The van der Waals surface area contributed by atoms with E-state index in [1.165, 1.54) is 23.1 Å². The van der Waals surface area contributed by atoms with Gasteiger partial charge in [0.1, 0.15) is 17.2 Å². The molecule has 27 heavy (non-hydrogen) atoms. The van der Waals surface area contributed by atoms with Crippen molar-refractivity contribution in [3.8, 4) is 5.75 Å². The molecule has 0 bridgehead atoms. The molecule has 2 aromatic heterocycles. The van der Waals surface area contributed by atoms with Crippen LogP contribution in [0.4, 0.5) is 0 Å². The zero-order valence-corrected chi connectivity index (χ0v) is 17.0. The Labute approximate surface area is 166 Å². The minimum Gasteiger partial charge on any atom is -0.491 e. The standard InChI is InChI=1S/C20H22N2O3S2/c1-4-10-22-19(24)17-13(2)14(3)27-18(17)21-20(22)26-12-15(23)11-25-16-8-6-5-7-9-16/h4-9,15,23H,1,10-12H2,2-3H3/t15-/m1/s1. The number of hydrogen-bond acceptors (Lipinski definition) is 6. The minimum absolute atomic E-state index is 0.0562. The van der Waals surface area contributed by atoms with Gasteiger partial charge in [-0.05, 0) is 31.5 Å². The first-order valence-electron chi connectivity index (χ1n) is 8.61. The molecule has 0 saturated carbocycles. The molecule has 0 aliphatic rings. The Bertz CT molecular complexity index is 996. The number of aliphatic hydroxyl groups excluding tert-OH is 1. The van der Waals surface area contributed by atoms with Crippen LogP contribution in [0.15, 0.2) is 52.9 Å². The molecule has 7 heteroatoms. The number of nitrogens with zero attached hydrogens (tertiary/aromatic N) is 2. The highest BCUT2D eigenvalue weighted by Gasteiger charge is 2.17. The second-order valence-electron chi connectivity index (χ2n) is 6.15. The van der Waals surface area contributed by atoms with Crippen molar-refractivity contribution in [2.45, 2.75) is 31.7 Å². The molecule has 0 spiro atoms. The third-order valence-corrected chi connectivity index (χ3v) is 6.38. The number of allylic oxidation sites excluding steroid dienone is 1. The highest BCUT2D eigenvalue weighted by molar-refractivity contribution is 7.99. The zero-order valence-electron chi connectivity index (χ0n) is 15.3. The fourth-order valence-corrected chi connectivity index (χ4v) is 4.62. The van der Waals surface area contributed by atoms with Crippen LogP contribution in [0, 0.1) is 13.8 Å². The van der Waals surface area contributed by atoms with Crippen molar-refractivity contribution in [3.05, 3.63) is 63.8 Å². The van der Waals surface area contributed by atoms with Crippen LogP contribution in [-0.4, -0.2) is 33.1 Å². The van der Waals surface area contributed by atoms with Gasteiger partial charge >= 0.3 is 0 Å². The molecular formula is C20H22N2O3S2. The number of thiophene rings is 1. The van der Waals surface area contributed by atoms with E-state index in [0.717, 1.165) is 15.3 Å². The zero-order chi connectivity index (χ0) is 19.4. The molecule has 0 unspecified atom stereocenters. The summed E-state index contributed by atoms with van der Waals surface area (Å²) in [6.07, 6.45) is 1.01. The molecular weight excluding hydrogens is 380 g/mol. The predicted octanol–water partition coefficient (Wildman–Crippen LogP) is 3.79. The summed E-state index contributed by atoms with van der Waals surface area (Å²) in [5, 5.41) is 11.5. The van der Waals surface area contributed by atoms with Crippen LogP contribution in [0.1, 0.15) is 10.4 Å². The van der Waals surface area contributed by atoms with Gasteiger partial charge in [-0.25, -0.2) is 4.98 Å². The molecule has 1 aromatic carbocycles. The SMILES string of the molecule is C=CCn1c(SC[C@H](O)COc2ccccc2)nc2sc(C)c(C)c2c1=O. The summed E-state index contributed by atoms with van der Waals surface area (Å²) in [5.41, 5.74) is 0.928. The van der Waals surface area contributed by atoms with E-state index in [1.807, 2.05) is 44.2 Å². The van der Waals surface area contributed by atoms with Gasteiger partial charge < -0.3 is 9.84 Å². The first kappa shape index (κ1) is 19.7. The van der Waals surface area contributed by atoms with Gasteiger partial charge in [-0.15, -0.1) is 17.9 Å². The van der Waals surface area contributed by atoms with Gasteiger partial charge in [0.05, 0.1) is 11.5 Å². The third-order valence-electron chi connectivity index (χ3n) is 4.16. The number of hydrogen-bond donors (Lipinski definition) is 1. The number of para-hydroxylation sites is 1. The highest BCUT2D eigenvalue weighted by Crippen LogP contribution is 2.28. The van der Waals surface area contributed by atoms with Crippen molar-refractivity contribution in [1.29, 1.82) is 0 Å². The maximum Gasteiger partial charge on any atom is 0.263 e. The number of benzene rings is 1. The number of ether oxygens (including phenoxy) is 1. The largest absolute Gasteiger partial charge is 0.491 e. The van der Waals surface area contributed by atoms with Crippen LogP contribution in [0.3, 0.4) is 0 Å². The Hall–Kier alpha value is -2.09. The lowest BCUT2D eigenvalue weighted by Crippen LogP contribution is -2.24. The Morgan fingerprint density at radius 1 is 1.37 bits per heavy atom. The molecule has 5 nitrogen and oxygen atoms in total. The second kappa shape index (κ2) is 8.73. The molecule has 0 saturated heterocycles. The van der Waals surface area contributed by atoms with E-state index < -0.39 is 6.10 Å². The normalized spacial score (nSPS) is 12.3. The number of thioether (sulfide) groups is 1. The number of fused-ring (bicyclic) bond motifs is 1. The van der Waals surface area contributed by atoms with Crippen molar-refractivity contribution < 1.29 is 9.84 Å². The van der Waals surface area contributed by atoms with Gasteiger partial charge in [0.15, 0.2) is 5.16 Å². The smallest absolute Gasteiger partial charge is 0.263 e. The summed E-state index contributed by atoms with van der Waals surface area (Å²) in [5.74, 6) is 1.10. The van der Waals surface area contributed by atoms with Crippen molar-refractivity contribution >= 4 is 33.3 Å². The van der Waals surface area contributed by atoms with Crippen LogP contribution in [0.5, 0.6) is 5.75 Å². The van der Waals surface area contributed by atoms with E-state index in [4.69, 9.17) is 4.74 Å². The maximum absolute atomic E-state index is 12.9. The Morgan fingerprint density at radius 3 is 2.81 bits per heavy atom. The van der Waals surface area contributed by atoms with Gasteiger partial charge in [0.25, 0.3) is 5.56 Å². The third kappa shape index (κ3) is 4.43. The van der Waals surface area contributed by atoms with E-state index in [1.54, 1.807) is 10.6 Å². The molecule has 0 radical (unpaired) electrons. The van der Waals surface area contributed by atoms with Crippen LogP contribution >= 0.6 is 23.1 Å².